The van der Waals surface area contributed by atoms with Crippen molar-refractivity contribution < 1.29 is 19.1 Å². The lowest BCUT2D eigenvalue weighted by Gasteiger charge is -2.45. The van der Waals surface area contributed by atoms with Gasteiger partial charge in [0.2, 0.25) is 5.91 Å². The quantitative estimate of drug-likeness (QED) is 0.498. The van der Waals surface area contributed by atoms with Crippen LogP contribution in [-0.2, 0) is 9.53 Å². The normalized spacial score (nSPS) is 18.0. The highest BCUT2D eigenvalue weighted by Gasteiger charge is 2.40. The zero-order valence-corrected chi connectivity index (χ0v) is 22.2. The molecular formula is C27H33ClN2O4S. The molecule has 2 amide bonds. The molecule has 0 spiro atoms. The number of carbonyl (C=O) groups excluding carboxylic acids is 3. The predicted molar refractivity (Wildman–Crippen MR) is 141 cm³/mol. The van der Waals surface area contributed by atoms with Gasteiger partial charge in [0.15, 0.2) is 0 Å². The van der Waals surface area contributed by atoms with Crippen LogP contribution in [0.1, 0.15) is 58.9 Å². The van der Waals surface area contributed by atoms with E-state index in [1.165, 1.54) is 18.7 Å². The molecule has 2 aromatic carbocycles. The molecule has 0 aliphatic carbocycles. The zero-order chi connectivity index (χ0) is 25.6. The number of hydrogen-bond donors (Lipinski definition) is 1. The minimum absolute atomic E-state index is 0.0702. The summed E-state index contributed by atoms with van der Waals surface area (Å²) in [4.78, 5) is 40.3. The van der Waals surface area contributed by atoms with Crippen molar-refractivity contribution in [3.05, 3.63) is 70.2 Å². The second kappa shape index (κ2) is 12.0. The van der Waals surface area contributed by atoms with Gasteiger partial charge in [-0.25, -0.2) is 4.79 Å². The molecule has 0 saturated carbocycles. The van der Waals surface area contributed by atoms with Crippen LogP contribution < -0.4 is 5.32 Å². The number of carbonyl (C=O) groups is 3. The molecule has 6 nitrogen and oxygen atoms in total. The Kier molecular flexibility index (Phi) is 9.25. The SMILES string of the molecule is COC(=O)c1cccc(C(=O)N[C@H](CCSC)C(=O)N2CCC(c3ccc(Cl)cc3)C(C)(C)C2)c1. The van der Waals surface area contributed by atoms with Gasteiger partial charge >= 0.3 is 5.97 Å². The number of likely N-dealkylation sites (tertiary alicyclic amines) is 1. The lowest BCUT2D eigenvalue weighted by molar-refractivity contribution is -0.136. The Morgan fingerprint density at radius 2 is 1.86 bits per heavy atom. The molecule has 1 unspecified atom stereocenters. The zero-order valence-electron chi connectivity index (χ0n) is 20.7. The largest absolute Gasteiger partial charge is 0.465 e. The molecule has 35 heavy (non-hydrogen) atoms. The number of halogens is 1. The maximum Gasteiger partial charge on any atom is 0.337 e. The Morgan fingerprint density at radius 1 is 1.17 bits per heavy atom. The van der Waals surface area contributed by atoms with E-state index in [0.29, 0.717) is 36.0 Å². The van der Waals surface area contributed by atoms with Crippen LogP contribution in [0.15, 0.2) is 48.5 Å². The van der Waals surface area contributed by atoms with Gasteiger partial charge in [-0.3, -0.25) is 9.59 Å². The van der Waals surface area contributed by atoms with Gasteiger partial charge in [0, 0.05) is 23.7 Å². The van der Waals surface area contributed by atoms with E-state index in [4.69, 9.17) is 16.3 Å². The Morgan fingerprint density at radius 3 is 2.49 bits per heavy atom. The molecule has 2 aromatic rings. The number of nitrogens with one attached hydrogen (secondary N) is 1. The first kappa shape index (κ1) is 27.1. The van der Waals surface area contributed by atoms with Gasteiger partial charge in [-0.2, -0.15) is 11.8 Å². The number of amides is 2. The van der Waals surface area contributed by atoms with Crippen molar-refractivity contribution in [2.75, 3.05) is 32.2 Å². The maximum absolute atomic E-state index is 13.6. The van der Waals surface area contributed by atoms with Crippen LogP contribution >= 0.6 is 23.4 Å². The summed E-state index contributed by atoms with van der Waals surface area (Å²) < 4.78 is 4.75. The van der Waals surface area contributed by atoms with Crippen LogP contribution in [-0.4, -0.2) is 60.9 Å². The van der Waals surface area contributed by atoms with Crippen molar-refractivity contribution in [2.24, 2.45) is 5.41 Å². The summed E-state index contributed by atoms with van der Waals surface area (Å²) in [6.07, 6.45) is 3.34. The molecule has 1 aliphatic rings. The molecule has 2 atom stereocenters. The minimum atomic E-state index is -0.639. The maximum atomic E-state index is 13.6. The molecule has 0 bridgehead atoms. The molecule has 1 N–H and O–H groups in total. The highest BCUT2D eigenvalue weighted by molar-refractivity contribution is 7.98. The fraction of sp³-hybridized carbons (Fsp3) is 0.444. The Balaban J connectivity index is 1.73. The standard InChI is InChI=1S/C27H33ClN2O4S/c1-27(2)17-30(14-12-22(27)18-8-10-21(28)11-9-18)25(32)23(13-15-35-4)29-24(31)19-6-5-7-20(16-19)26(33)34-3/h5-11,16,22-23H,12-15,17H2,1-4H3,(H,29,31)/t22?,23-/m1/s1. The van der Waals surface area contributed by atoms with E-state index in [2.05, 4.69) is 31.3 Å². The molecule has 8 heteroatoms. The molecule has 0 radical (unpaired) electrons. The number of hydrogen-bond acceptors (Lipinski definition) is 5. The third-order valence-corrected chi connectivity index (χ3v) is 7.47. The van der Waals surface area contributed by atoms with Crippen LogP contribution in [0.25, 0.3) is 0 Å². The van der Waals surface area contributed by atoms with Crippen LogP contribution in [0.4, 0.5) is 0 Å². The van der Waals surface area contributed by atoms with Gasteiger partial charge in [-0.1, -0.05) is 43.6 Å². The number of piperidine rings is 1. The number of esters is 1. The topological polar surface area (TPSA) is 75.7 Å². The molecule has 1 fully saturated rings. The number of thioether (sulfide) groups is 1. The van der Waals surface area contributed by atoms with Crippen LogP contribution in [0, 0.1) is 5.41 Å². The van der Waals surface area contributed by atoms with E-state index < -0.39 is 12.0 Å². The van der Waals surface area contributed by atoms with Gasteiger partial charge < -0.3 is 15.0 Å². The number of ether oxygens (including phenoxy) is 1. The van der Waals surface area contributed by atoms with Crippen LogP contribution in [0.2, 0.25) is 5.02 Å². The van der Waals surface area contributed by atoms with Crippen molar-refractivity contribution in [1.29, 1.82) is 0 Å². The van der Waals surface area contributed by atoms with Gasteiger partial charge in [-0.05, 0) is 72.1 Å². The minimum Gasteiger partial charge on any atom is -0.465 e. The predicted octanol–water partition coefficient (Wildman–Crippen LogP) is 5.02. The second-order valence-corrected chi connectivity index (χ2v) is 10.9. The fourth-order valence-corrected chi connectivity index (χ4v) is 5.32. The van der Waals surface area contributed by atoms with E-state index in [1.807, 2.05) is 23.3 Å². The molecular weight excluding hydrogens is 484 g/mol. The van der Waals surface area contributed by atoms with E-state index in [0.717, 1.165) is 12.2 Å². The number of benzene rings is 2. The van der Waals surface area contributed by atoms with Crippen molar-refractivity contribution in [3.8, 4) is 0 Å². The highest BCUT2D eigenvalue weighted by Crippen LogP contribution is 2.42. The summed E-state index contributed by atoms with van der Waals surface area (Å²) >= 11 is 7.70. The van der Waals surface area contributed by atoms with E-state index >= 15 is 0 Å². The molecule has 1 heterocycles. The number of rotatable bonds is 8. The highest BCUT2D eigenvalue weighted by atomic mass is 35.5. The fourth-order valence-electron chi connectivity index (χ4n) is 4.72. The first-order valence-corrected chi connectivity index (χ1v) is 13.5. The molecule has 188 valence electrons. The summed E-state index contributed by atoms with van der Waals surface area (Å²) in [5, 5.41) is 3.63. The average Bonchev–Trinajstić information content (AvgIpc) is 2.85. The van der Waals surface area contributed by atoms with Gasteiger partial charge in [0.05, 0.1) is 12.7 Å². The van der Waals surface area contributed by atoms with Crippen molar-refractivity contribution in [3.63, 3.8) is 0 Å². The molecule has 1 saturated heterocycles. The molecule has 0 aromatic heterocycles. The van der Waals surface area contributed by atoms with E-state index in [-0.39, 0.29) is 22.8 Å². The Bertz CT molecular complexity index is 1060. The number of methoxy groups -OCH3 is 1. The Hall–Kier alpha value is -2.51. The first-order valence-electron chi connectivity index (χ1n) is 11.7. The average molecular weight is 517 g/mol. The van der Waals surface area contributed by atoms with Gasteiger partial charge in [-0.15, -0.1) is 0 Å². The first-order chi connectivity index (χ1) is 16.7. The molecule has 3 rings (SSSR count). The van der Waals surface area contributed by atoms with Gasteiger partial charge in [0.25, 0.3) is 5.91 Å². The molecule has 1 aliphatic heterocycles. The van der Waals surface area contributed by atoms with Crippen LogP contribution in [0.3, 0.4) is 0 Å². The number of nitrogens with zero attached hydrogens (tertiary/aromatic N) is 1. The van der Waals surface area contributed by atoms with E-state index in [1.54, 1.807) is 30.0 Å². The summed E-state index contributed by atoms with van der Waals surface area (Å²) in [7, 11) is 1.30. The van der Waals surface area contributed by atoms with Gasteiger partial charge in [0.1, 0.15) is 6.04 Å². The van der Waals surface area contributed by atoms with Crippen molar-refractivity contribution >= 4 is 41.1 Å². The smallest absolute Gasteiger partial charge is 0.337 e. The third-order valence-electron chi connectivity index (χ3n) is 6.57. The monoisotopic (exact) mass is 516 g/mol. The lowest BCUT2D eigenvalue weighted by atomic mass is 9.70. The second-order valence-electron chi connectivity index (χ2n) is 9.52. The van der Waals surface area contributed by atoms with E-state index in [9.17, 15) is 14.4 Å². The summed E-state index contributed by atoms with van der Waals surface area (Å²) in [5.74, 6) is 0.0815. The summed E-state index contributed by atoms with van der Waals surface area (Å²) in [6.45, 7) is 5.58. The van der Waals surface area contributed by atoms with Crippen LogP contribution in [0.5, 0.6) is 0 Å². The summed E-state index contributed by atoms with van der Waals surface area (Å²) in [5.41, 5.74) is 1.70. The van der Waals surface area contributed by atoms with Crippen molar-refractivity contribution in [2.45, 2.75) is 38.6 Å². The Labute approximate surface area is 216 Å². The lowest BCUT2D eigenvalue weighted by Crippen LogP contribution is -2.54. The summed E-state index contributed by atoms with van der Waals surface area (Å²) in [6, 6.07) is 13.6. The van der Waals surface area contributed by atoms with Crippen molar-refractivity contribution in [1.82, 2.24) is 10.2 Å². The third kappa shape index (κ3) is 6.79.